The maximum Gasteiger partial charge on any atom is 0.0730 e. The van der Waals surface area contributed by atoms with Crippen molar-refractivity contribution < 1.29 is 0 Å². The molecule has 0 N–H and O–H groups in total. The molecule has 0 saturated heterocycles. The van der Waals surface area contributed by atoms with Gasteiger partial charge in [0.1, 0.15) is 0 Å². The van der Waals surface area contributed by atoms with E-state index in [2.05, 4.69) is 42.1 Å². The van der Waals surface area contributed by atoms with Crippen LogP contribution in [0.5, 0.6) is 0 Å². The quantitative estimate of drug-likeness (QED) is 0.666. The first kappa shape index (κ1) is 11.4. The minimum atomic E-state index is 0.936. The van der Waals surface area contributed by atoms with E-state index in [4.69, 9.17) is 0 Å². The first-order valence-corrected chi connectivity index (χ1v) is 5.68. The van der Waals surface area contributed by atoms with Crippen LogP contribution in [0.25, 0.3) is 5.57 Å². The van der Waals surface area contributed by atoms with Crippen LogP contribution in [0.2, 0.25) is 0 Å². The van der Waals surface area contributed by atoms with Crippen molar-refractivity contribution >= 4 is 17.1 Å². The molecule has 0 spiro atoms. The van der Waals surface area contributed by atoms with E-state index >= 15 is 0 Å². The van der Waals surface area contributed by atoms with E-state index in [0.717, 1.165) is 16.8 Å². The number of rotatable bonds is 2. The molecule has 2 rings (SSSR count). The molecule has 0 amide bonds. The third-order valence-corrected chi connectivity index (χ3v) is 2.59. The van der Waals surface area contributed by atoms with Crippen molar-refractivity contribution in [3.05, 3.63) is 65.7 Å². The molecule has 0 aliphatic heterocycles. The largest absolute Gasteiger partial charge is 0.206 e. The van der Waals surface area contributed by atoms with Crippen molar-refractivity contribution in [3.8, 4) is 0 Å². The number of nitrogens with zero attached hydrogens (tertiary/aromatic N) is 1. The molecule has 0 atom stereocenters. The maximum atomic E-state index is 4.34. The van der Waals surface area contributed by atoms with Gasteiger partial charge in [-0.2, -0.15) is 0 Å². The van der Waals surface area contributed by atoms with E-state index in [1.54, 1.807) is 0 Å². The highest BCUT2D eigenvalue weighted by Crippen LogP contribution is 2.13. The van der Waals surface area contributed by atoms with Gasteiger partial charge in [0.05, 0.1) is 5.69 Å². The summed E-state index contributed by atoms with van der Waals surface area (Å²) < 4.78 is 0. The molecule has 17 heavy (non-hydrogen) atoms. The Morgan fingerprint density at radius 1 is 0.941 bits per heavy atom. The average molecular weight is 221 g/mol. The Morgan fingerprint density at radius 2 is 1.59 bits per heavy atom. The number of hydrogen-bond acceptors (Lipinski definition) is 1. The Bertz CT molecular complexity index is 544. The van der Waals surface area contributed by atoms with E-state index in [1.165, 1.54) is 5.56 Å². The Kier molecular flexibility index (Phi) is 3.54. The number of hydrogen-bond donors (Lipinski definition) is 0. The molecule has 0 radical (unpaired) electrons. The van der Waals surface area contributed by atoms with Crippen LogP contribution in [0.1, 0.15) is 18.1 Å². The molecule has 2 aromatic rings. The molecule has 84 valence electrons. The van der Waals surface area contributed by atoms with Crippen molar-refractivity contribution in [2.75, 3.05) is 0 Å². The number of benzene rings is 2. The van der Waals surface area contributed by atoms with E-state index in [-0.39, 0.29) is 0 Å². The van der Waals surface area contributed by atoms with Crippen LogP contribution in [0, 0.1) is 6.92 Å². The Balaban J connectivity index is 2.27. The molecule has 2 aromatic carbocycles. The molecule has 0 unspecified atom stereocenters. The fraction of sp³-hybridized carbons (Fsp3) is 0.125. The van der Waals surface area contributed by atoms with Gasteiger partial charge in [0.25, 0.3) is 0 Å². The fourth-order valence-corrected chi connectivity index (χ4v) is 1.52. The fourth-order valence-electron chi connectivity index (χ4n) is 1.52. The summed E-state index contributed by atoms with van der Waals surface area (Å²) in [6.07, 6.45) is 0. The molecule has 0 heterocycles. The van der Waals surface area contributed by atoms with E-state index in [9.17, 15) is 0 Å². The lowest BCUT2D eigenvalue weighted by Gasteiger charge is -1.96. The SMILES string of the molecule is CC(=C=Nc1ccc(C)cc1)c1ccccc1. The molecule has 0 saturated carbocycles. The summed E-state index contributed by atoms with van der Waals surface area (Å²) in [5.74, 6) is 3.08. The highest BCUT2D eigenvalue weighted by molar-refractivity contribution is 5.89. The second kappa shape index (κ2) is 5.29. The van der Waals surface area contributed by atoms with Gasteiger partial charge in [0.2, 0.25) is 0 Å². The summed E-state index contributed by atoms with van der Waals surface area (Å²) >= 11 is 0. The number of aliphatic imine (C=N–C) groups is 1. The number of aryl methyl sites for hydroxylation is 1. The van der Waals surface area contributed by atoms with E-state index < -0.39 is 0 Å². The van der Waals surface area contributed by atoms with Crippen molar-refractivity contribution in [2.45, 2.75) is 13.8 Å². The van der Waals surface area contributed by atoms with E-state index in [0.29, 0.717) is 0 Å². The third kappa shape index (κ3) is 3.17. The normalized spacial score (nSPS) is 9.53. The smallest absolute Gasteiger partial charge is 0.0730 e. The molecule has 1 heteroatoms. The molecule has 0 aromatic heterocycles. The zero-order chi connectivity index (χ0) is 12.1. The summed E-state index contributed by atoms with van der Waals surface area (Å²) in [5.41, 5.74) is 4.38. The minimum absolute atomic E-state index is 0.936. The zero-order valence-electron chi connectivity index (χ0n) is 10.1. The standard InChI is InChI=1S/C16H15N/c1-13-8-10-16(11-9-13)17-12-14(2)15-6-4-3-5-7-15/h3-11H,1-2H3. The van der Waals surface area contributed by atoms with Gasteiger partial charge in [-0.25, -0.2) is 4.99 Å². The van der Waals surface area contributed by atoms with Gasteiger partial charge < -0.3 is 0 Å². The average Bonchev–Trinajstić information content (AvgIpc) is 2.39. The lowest BCUT2D eigenvalue weighted by atomic mass is 10.1. The van der Waals surface area contributed by atoms with Crippen LogP contribution in [0.4, 0.5) is 5.69 Å². The van der Waals surface area contributed by atoms with Gasteiger partial charge in [-0.05, 0) is 37.4 Å². The Hall–Kier alpha value is -2.11. The molecule has 0 bridgehead atoms. The molecule has 1 nitrogen and oxygen atoms in total. The van der Waals surface area contributed by atoms with Crippen molar-refractivity contribution in [1.82, 2.24) is 0 Å². The van der Waals surface area contributed by atoms with Gasteiger partial charge >= 0.3 is 0 Å². The molecule has 0 aliphatic carbocycles. The van der Waals surface area contributed by atoms with Crippen LogP contribution in [-0.2, 0) is 0 Å². The summed E-state index contributed by atoms with van der Waals surface area (Å²) in [7, 11) is 0. The van der Waals surface area contributed by atoms with Gasteiger partial charge in [-0.3, -0.25) is 0 Å². The van der Waals surface area contributed by atoms with Crippen molar-refractivity contribution in [1.29, 1.82) is 0 Å². The van der Waals surface area contributed by atoms with Crippen molar-refractivity contribution in [2.24, 2.45) is 4.99 Å². The van der Waals surface area contributed by atoms with E-state index in [1.807, 2.05) is 37.3 Å². The van der Waals surface area contributed by atoms with Gasteiger partial charge in [-0.15, -0.1) is 0 Å². The van der Waals surface area contributed by atoms with Crippen molar-refractivity contribution in [3.63, 3.8) is 0 Å². The van der Waals surface area contributed by atoms with Gasteiger partial charge in [0.15, 0.2) is 0 Å². The second-order valence-electron chi connectivity index (χ2n) is 4.05. The Morgan fingerprint density at radius 3 is 2.24 bits per heavy atom. The monoisotopic (exact) mass is 221 g/mol. The van der Waals surface area contributed by atoms with Crippen LogP contribution in [0.15, 0.2) is 59.6 Å². The number of allylic oxidation sites excluding steroid dienone is 1. The van der Waals surface area contributed by atoms with Gasteiger partial charge in [-0.1, -0.05) is 48.0 Å². The molecule has 0 aliphatic rings. The topological polar surface area (TPSA) is 12.4 Å². The molecule has 0 fully saturated rings. The minimum Gasteiger partial charge on any atom is -0.206 e. The highest BCUT2D eigenvalue weighted by Gasteiger charge is 1.92. The van der Waals surface area contributed by atoms with Crippen LogP contribution < -0.4 is 0 Å². The summed E-state index contributed by atoms with van der Waals surface area (Å²) in [5, 5.41) is 0. The predicted molar refractivity (Wildman–Crippen MR) is 73.8 cm³/mol. The summed E-state index contributed by atoms with van der Waals surface area (Å²) in [6.45, 7) is 4.09. The first-order chi connectivity index (χ1) is 8.25. The first-order valence-electron chi connectivity index (χ1n) is 5.68. The lowest BCUT2D eigenvalue weighted by Crippen LogP contribution is -1.78. The zero-order valence-corrected chi connectivity index (χ0v) is 10.1. The maximum absolute atomic E-state index is 4.34. The second-order valence-corrected chi connectivity index (χ2v) is 4.05. The third-order valence-electron chi connectivity index (χ3n) is 2.59. The lowest BCUT2D eigenvalue weighted by molar-refractivity contribution is 1.44. The molecular formula is C16H15N. The Labute approximate surface area is 102 Å². The molecular weight excluding hydrogens is 206 g/mol. The van der Waals surface area contributed by atoms with Crippen LogP contribution >= 0.6 is 0 Å². The van der Waals surface area contributed by atoms with Gasteiger partial charge in [0, 0.05) is 5.57 Å². The summed E-state index contributed by atoms with van der Waals surface area (Å²) in [6, 6.07) is 18.3. The van der Waals surface area contributed by atoms with Crippen LogP contribution in [-0.4, -0.2) is 5.87 Å². The van der Waals surface area contributed by atoms with Crippen LogP contribution in [0.3, 0.4) is 0 Å². The predicted octanol–water partition coefficient (Wildman–Crippen LogP) is 4.40. The highest BCUT2D eigenvalue weighted by atomic mass is 14.7. The summed E-state index contributed by atoms with van der Waals surface area (Å²) in [4.78, 5) is 4.34.